The van der Waals surface area contributed by atoms with Crippen molar-refractivity contribution in [2.75, 3.05) is 106 Å². The van der Waals surface area contributed by atoms with Crippen molar-refractivity contribution in [2.24, 2.45) is 0 Å². The van der Waals surface area contributed by atoms with E-state index in [1.54, 1.807) is 0 Å². The van der Waals surface area contributed by atoms with Gasteiger partial charge < -0.3 is 53.3 Å². The molecule has 0 unspecified atom stereocenters. The minimum Gasteiger partial charge on any atom is -0.445 e. The van der Waals surface area contributed by atoms with Gasteiger partial charge in [0.1, 0.15) is 13.2 Å². The third-order valence-corrected chi connectivity index (χ3v) is 5.69. The van der Waals surface area contributed by atoms with Gasteiger partial charge in [0.15, 0.2) is 0 Å². The second kappa shape index (κ2) is 28.2. The summed E-state index contributed by atoms with van der Waals surface area (Å²) < 4.78 is 48.3. The van der Waals surface area contributed by atoms with E-state index < -0.39 is 12.2 Å². The van der Waals surface area contributed by atoms with Crippen molar-refractivity contribution in [2.45, 2.75) is 13.2 Å². The lowest BCUT2D eigenvalue weighted by Gasteiger charge is -2.09. The number of hydrogen-bond donors (Lipinski definition) is 2. The Labute approximate surface area is 265 Å². The summed E-state index contributed by atoms with van der Waals surface area (Å²) in [5.41, 5.74) is 1.87. The number of alkyl carbamates (subject to hydrolysis) is 2. The molecule has 13 nitrogen and oxygen atoms in total. The van der Waals surface area contributed by atoms with Gasteiger partial charge in [0.2, 0.25) is 0 Å². The zero-order valence-corrected chi connectivity index (χ0v) is 26.0. The van der Waals surface area contributed by atoms with Gasteiger partial charge in [-0.15, -0.1) is 0 Å². The van der Waals surface area contributed by atoms with Gasteiger partial charge in [0, 0.05) is 13.1 Å². The summed E-state index contributed by atoms with van der Waals surface area (Å²) in [7, 11) is 0. The topological polar surface area (TPSA) is 141 Å². The van der Waals surface area contributed by atoms with Crippen molar-refractivity contribution in [3.05, 3.63) is 71.8 Å². The summed E-state index contributed by atoms with van der Waals surface area (Å²) in [5.74, 6) is 0. The Kier molecular flexibility index (Phi) is 23.7. The maximum Gasteiger partial charge on any atom is 0.407 e. The van der Waals surface area contributed by atoms with E-state index in [1.165, 1.54) is 0 Å². The average molecular weight is 637 g/mol. The first-order valence-corrected chi connectivity index (χ1v) is 15.2. The van der Waals surface area contributed by atoms with E-state index in [0.717, 1.165) is 11.1 Å². The number of amides is 2. The highest BCUT2D eigenvalue weighted by Gasteiger charge is 2.03. The standard InChI is InChI=1S/C32H48N2O11/c35-31(44-27-29-7-3-1-4-8-29)33-11-13-37-15-17-39-19-21-41-23-25-43-26-24-42-22-20-40-18-16-38-14-12-34-32(36)45-28-30-9-5-2-6-10-30/h1-10H,11-28H2,(H,33,35)(H,34,36). The molecular weight excluding hydrogens is 588 g/mol. The van der Waals surface area contributed by atoms with Crippen LogP contribution in [0.5, 0.6) is 0 Å². The highest BCUT2D eigenvalue weighted by molar-refractivity contribution is 5.67. The molecule has 0 radical (unpaired) electrons. The Balaban J connectivity index is 1.18. The van der Waals surface area contributed by atoms with Crippen LogP contribution in [0.3, 0.4) is 0 Å². The molecule has 45 heavy (non-hydrogen) atoms. The number of hydrogen-bond acceptors (Lipinski definition) is 11. The van der Waals surface area contributed by atoms with Crippen LogP contribution in [-0.2, 0) is 55.8 Å². The second-order valence-electron chi connectivity index (χ2n) is 9.26. The van der Waals surface area contributed by atoms with Gasteiger partial charge in [-0.3, -0.25) is 0 Å². The Bertz CT molecular complexity index is 893. The van der Waals surface area contributed by atoms with Gasteiger partial charge in [-0.25, -0.2) is 9.59 Å². The molecule has 2 aromatic carbocycles. The maximum absolute atomic E-state index is 11.6. The van der Waals surface area contributed by atoms with Crippen LogP contribution in [-0.4, -0.2) is 118 Å². The fourth-order valence-corrected chi connectivity index (χ4v) is 3.42. The summed E-state index contributed by atoms with van der Waals surface area (Å²) in [6.45, 7) is 7.43. The Morgan fingerprint density at radius 1 is 0.400 bits per heavy atom. The van der Waals surface area contributed by atoms with Crippen LogP contribution in [0.25, 0.3) is 0 Å². The molecular formula is C32H48N2O11. The molecule has 2 aromatic rings. The number of carbonyl (C=O) groups is 2. The fourth-order valence-electron chi connectivity index (χ4n) is 3.42. The molecule has 0 saturated heterocycles. The molecule has 0 atom stereocenters. The molecule has 0 aromatic heterocycles. The van der Waals surface area contributed by atoms with Crippen LogP contribution in [0.1, 0.15) is 11.1 Å². The molecule has 0 spiro atoms. The van der Waals surface area contributed by atoms with E-state index >= 15 is 0 Å². The first-order valence-electron chi connectivity index (χ1n) is 15.2. The molecule has 0 saturated carbocycles. The van der Waals surface area contributed by atoms with Crippen molar-refractivity contribution >= 4 is 12.2 Å². The molecule has 13 heteroatoms. The summed E-state index contributed by atoms with van der Waals surface area (Å²) in [4.78, 5) is 23.3. The molecule has 0 aliphatic rings. The lowest BCUT2D eigenvalue weighted by molar-refractivity contribution is -0.0202. The van der Waals surface area contributed by atoms with E-state index in [9.17, 15) is 9.59 Å². The van der Waals surface area contributed by atoms with Crippen molar-refractivity contribution in [1.82, 2.24) is 10.6 Å². The third-order valence-electron chi connectivity index (χ3n) is 5.69. The predicted octanol–water partition coefficient (Wildman–Crippen LogP) is 2.96. The molecule has 2 N–H and O–H groups in total. The van der Waals surface area contributed by atoms with Crippen LogP contribution in [0.2, 0.25) is 0 Å². The zero-order valence-electron chi connectivity index (χ0n) is 26.0. The number of nitrogens with one attached hydrogen (secondary N) is 2. The van der Waals surface area contributed by atoms with Crippen LogP contribution in [0, 0.1) is 0 Å². The van der Waals surface area contributed by atoms with E-state index in [4.69, 9.17) is 42.6 Å². The van der Waals surface area contributed by atoms with Gasteiger partial charge in [-0.1, -0.05) is 60.7 Å². The quantitative estimate of drug-likeness (QED) is 0.133. The van der Waals surface area contributed by atoms with E-state index in [1.807, 2.05) is 60.7 Å². The predicted molar refractivity (Wildman–Crippen MR) is 165 cm³/mol. The largest absolute Gasteiger partial charge is 0.445 e. The lowest BCUT2D eigenvalue weighted by atomic mass is 10.2. The molecule has 252 valence electrons. The summed E-state index contributed by atoms with van der Waals surface area (Å²) >= 11 is 0. The number of rotatable bonds is 28. The van der Waals surface area contributed by atoms with E-state index in [-0.39, 0.29) is 13.2 Å². The Hall–Kier alpha value is -3.30. The number of carbonyl (C=O) groups excluding carboxylic acids is 2. The fraction of sp³-hybridized carbons (Fsp3) is 0.562. The monoisotopic (exact) mass is 636 g/mol. The van der Waals surface area contributed by atoms with Crippen molar-refractivity contribution in [1.29, 1.82) is 0 Å². The van der Waals surface area contributed by atoms with Crippen LogP contribution < -0.4 is 10.6 Å². The minimum absolute atomic E-state index is 0.234. The zero-order chi connectivity index (χ0) is 31.9. The Morgan fingerprint density at radius 3 is 0.956 bits per heavy atom. The number of benzene rings is 2. The normalized spacial score (nSPS) is 10.8. The van der Waals surface area contributed by atoms with Crippen molar-refractivity contribution < 1.29 is 52.2 Å². The van der Waals surface area contributed by atoms with Gasteiger partial charge in [0.05, 0.1) is 92.5 Å². The van der Waals surface area contributed by atoms with Gasteiger partial charge >= 0.3 is 12.2 Å². The third kappa shape index (κ3) is 23.7. The van der Waals surface area contributed by atoms with Crippen LogP contribution in [0.15, 0.2) is 60.7 Å². The highest BCUT2D eigenvalue weighted by atomic mass is 16.6. The highest BCUT2D eigenvalue weighted by Crippen LogP contribution is 2.01. The smallest absolute Gasteiger partial charge is 0.407 e. The molecule has 2 amide bonds. The van der Waals surface area contributed by atoms with Gasteiger partial charge in [-0.05, 0) is 11.1 Å². The van der Waals surface area contributed by atoms with Crippen molar-refractivity contribution in [3.63, 3.8) is 0 Å². The summed E-state index contributed by atoms with van der Waals surface area (Å²) in [6, 6.07) is 19.0. The molecule has 0 aliphatic heterocycles. The summed E-state index contributed by atoms with van der Waals surface area (Å²) in [6.07, 6.45) is -0.946. The lowest BCUT2D eigenvalue weighted by Crippen LogP contribution is -2.28. The van der Waals surface area contributed by atoms with E-state index in [0.29, 0.717) is 106 Å². The van der Waals surface area contributed by atoms with Crippen LogP contribution in [0.4, 0.5) is 9.59 Å². The van der Waals surface area contributed by atoms with Gasteiger partial charge in [0.25, 0.3) is 0 Å². The SMILES string of the molecule is O=C(NCCOCCOCCOCCOCCOCCOCCOCCNC(=O)OCc1ccccc1)OCc1ccccc1. The average Bonchev–Trinajstić information content (AvgIpc) is 3.07. The molecule has 0 heterocycles. The first kappa shape index (κ1) is 37.9. The van der Waals surface area contributed by atoms with Crippen molar-refractivity contribution in [3.8, 4) is 0 Å². The van der Waals surface area contributed by atoms with E-state index in [2.05, 4.69) is 10.6 Å². The molecule has 2 rings (SSSR count). The Morgan fingerprint density at radius 2 is 0.667 bits per heavy atom. The molecule has 0 fully saturated rings. The first-order chi connectivity index (χ1) is 22.2. The maximum atomic E-state index is 11.6. The second-order valence-corrected chi connectivity index (χ2v) is 9.26. The molecule has 0 aliphatic carbocycles. The number of ether oxygens (including phenoxy) is 9. The summed E-state index contributed by atoms with van der Waals surface area (Å²) in [5, 5.41) is 5.27. The van der Waals surface area contributed by atoms with Gasteiger partial charge in [-0.2, -0.15) is 0 Å². The minimum atomic E-state index is -0.473. The molecule has 0 bridgehead atoms. The van der Waals surface area contributed by atoms with Crippen LogP contribution >= 0.6 is 0 Å².